The zero-order valence-corrected chi connectivity index (χ0v) is 9.02. The Hall–Kier alpha value is -0.762. The molecule has 0 saturated heterocycles. The van der Waals surface area contributed by atoms with Crippen LogP contribution < -0.4 is 16.9 Å². The maximum absolute atomic E-state index is 8.74. The van der Waals surface area contributed by atoms with Crippen molar-refractivity contribution in [1.82, 2.24) is 15.0 Å². The first-order chi connectivity index (χ1) is 6.08. The van der Waals surface area contributed by atoms with Gasteiger partial charge in [-0.1, -0.05) is 0 Å². The van der Waals surface area contributed by atoms with Gasteiger partial charge >= 0.3 is 82.7 Å². The number of thiol groups is 1. The van der Waals surface area contributed by atoms with E-state index in [0.717, 1.165) is 0 Å². The molecule has 13 heavy (non-hydrogen) atoms. The molecule has 0 aliphatic carbocycles. The minimum atomic E-state index is -2.53. The molecule has 0 aromatic carbocycles. The van der Waals surface area contributed by atoms with Gasteiger partial charge in [-0.25, -0.2) is 0 Å². The van der Waals surface area contributed by atoms with E-state index in [0.29, 0.717) is 0 Å². The van der Waals surface area contributed by atoms with Gasteiger partial charge in [0, 0.05) is 0 Å². The van der Waals surface area contributed by atoms with Gasteiger partial charge in [-0.3, -0.25) is 0 Å². The van der Waals surface area contributed by atoms with Gasteiger partial charge in [0.15, 0.2) is 0 Å². The van der Waals surface area contributed by atoms with Crippen molar-refractivity contribution in [3.63, 3.8) is 0 Å². The fourth-order valence-electron chi connectivity index (χ4n) is 0.537. The summed E-state index contributed by atoms with van der Waals surface area (Å²) in [5.41, 5.74) is 12.8. The number of hydrogen-bond donors (Lipinski definition) is 5. The molecule has 0 saturated carbocycles. The second kappa shape index (κ2) is 4.47. The fourth-order valence-corrected chi connectivity index (χ4v) is 1.09. The van der Waals surface area contributed by atoms with Gasteiger partial charge in [0.05, 0.1) is 0 Å². The normalized spacial score (nSPS) is 12.5. The molecule has 0 bridgehead atoms. The van der Waals surface area contributed by atoms with E-state index in [1.54, 1.807) is 0 Å². The number of rotatable bonds is 3. The standard InChI is InChI=1S/C3H7AsN6O2S/c5-1-7-2(6)9-3(8-1)10-12-4(11)13/h11,13H,(H5,5,6,7,8,9,10). The third-order valence-corrected chi connectivity index (χ3v) is 1.85. The molecule has 6 N–H and O–H groups in total. The SMILES string of the molecule is Nc1nc(N)nc(NO[As](O)S)n1. The molecule has 0 spiro atoms. The molecule has 1 aromatic heterocycles. The van der Waals surface area contributed by atoms with Crippen LogP contribution in [0.4, 0.5) is 17.8 Å². The molecular weight excluding hydrogens is 259 g/mol. The van der Waals surface area contributed by atoms with Gasteiger partial charge in [0.1, 0.15) is 0 Å². The van der Waals surface area contributed by atoms with E-state index >= 15 is 0 Å². The maximum atomic E-state index is 8.74. The molecule has 0 radical (unpaired) electrons. The Kier molecular flexibility index (Phi) is 3.55. The molecule has 1 aromatic rings. The Morgan fingerprint density at radius 1 is 1.31 bits per heavy atom. The number of anilines is 3. The van der Waals surface area contributed by atoms with E-state index in [9.17, 15) is 0 Å². The van der Waals surface area contributed by atoms with Gasteiger partial charge in [-0.2, -0.15) is 0 Å². The molecule has 0 fully saturated rings. The Labute approximate surface area is 83.0 Å². The number of hydrogen-bond acceptors (Lipinski definition) is 9. The minimum absolute atomic E-state index is 0.0326. The monoisotopic (exact) mass is 266 g/mol. The fraction of sp³-hybridized carbons (Fsp3) is 0. The van der Waals surface area contributed by atoms with Crippen LogP contribution in [0.1, 0.15) is 0 Å². The summed E-state index contributed by atoms with van der Waals surface area (Å²) in [6.45, 7) is 0. The summed E-state index contributed by atoms with van der Waals surface area (Å²) in [4.78, 5) is 10.8. The number of aromatic nitrogens is 3. The zero-order valence-electron chi connectivity index (χ0n) is 6.25. The molecule has 0 aliphatic rings. The predicted molar refractivity (Wildman–Crippen MR) is 50.3 cm³/mol. The van der Waals surface area contributed by atoms with Crippen LogP contribution >= 0.6 is 10.9 Å². The van der Waals surface area contributed by atoms with Crippen molar-refractivity contribution in [2.75, 3.05) is 16.9 Å². The van der Waals surface area contributed by atoms with Crippen molar-refractivity contribution in [2.24, 2.45) is 0 Å². The van der Waals surface area contributed by atoms with E-state index in [-0.39, 0.29) is 17.8 Å². The van der Waals surface area contributed by atoms with Crippen molar-refractivity contribution in [1.29, 1.82) is 0 Å². The summed E-state index contributed by atoms with van der Waals surface area (Å²) < 4.78 is 13.3. The van der Waals surface area contributed by atoms with Gasteiger partial charge in [-0.05, 0) is 0 Å². The van der Waals surface area contributed by atoms with Crippen LogP contribution in [0.15, 0.2) is 0 Å². The summed E-state index contributed by atoms with van der Waals surface area (Å²) in [5, 5.41) is 0. The van der Waals surface area contributed by atoms with Crippen LogP contribution in [0.3, 0.4) is 0 Å². The molecule has 0 amide bonds. The second-order valence-corrected chi connectivity index (χ2v) is 5.04. The van der Waals surface area contributed by atoms with Crippen LogP contribution in [0.5, 0.6) is 0 Å². The van der Waals surface area contributed by atoms with E-state index in [2.05, 4.69) is 35.1 Å². The Balaban J connectivity index is 2.66. The van der Waals surface area contributed by atoms with E-state index in [4.69, 9.17) is 15.6 Å². The number of nitrogens with two attached hydrogens (primary N) is 2. The van der Waals surface area contributed by atoms with Crippen LogP contribution in [0.25, 0.3) is 0 Å². The average molecular weight is 266 g/mol. The van der Waals surface area contributed by atoms with Crippen molar-refractivity contribution in [3.8, 4) is 0 Å². The van der Waals surface area contributed by atoms with Crippen molar-refractivity contribution >= 4 is 42.9 Å². The number of nitrogen functional groups attached to an aromatic ring is 2. The number of nitrogens with zero attached hydrogens (tertiary/aromatic N) is 3. The third kappa shape index (κ3) is 3.64. The summed E-state index contributed by atoms with van der Waals surface area (Å²) >= 11 is -2.53. The summed E-state index contributed by atoms with van der Waals surface area (Å²) in [6, 6.07) is 0. The van der Waals surface area contributed by atoms with E-state index < -0.39 is 14.2 Å². The number of nitrogens with one attached hydrogen (secondary N) is 1. The second-order valence-electron chi connectivity index (χ2n) is 1.82. The van der Waals surface area contributed by atoms with Gasteiger partial charge < -0.3 is 0 Å². The zero-order chi connectivity index (χ0) is 9.84. The topological polar surface area (TPSA) is 132 Å². The summed E-state index contributed by atoms with van der Waals surface area (Å²) in [5.74, 6) is -0.0306. The van der Waals surface area contributed by atoms with Crippen LogP contribution in [-0.2, 0) is 3.83 Å². The summed E-state index contributed by atoms with van der Waals surface area (Å²) in [6.07, 6.45) is 0. The first kappa shape index (κ1) is 10.3. The molecule has 1 rings (SSSR count). The Morgan fingerprint density at radius 2 is 1.85 bits per heavy atom. The van der Waals surface area contributed by atoms with Crippen molar-refractivity contribution in [3.05, 3.63) is 0 Å². The van der Waals surface area contributed by atoms with E-state index in [1.165, 1.54) is 0 Å². The van der Waals surface area contributed by atoms with Crippen LogP contribution in [-0.4, -0.2) is 33.2 Å². The quantitative estimate of drug-likeness (QED) is 0.248. The molecule has 10 heteroatoms. The first-order valence-corrected chi connectivity index (χ1v) is 7.48. The van der Waals surface area contributed by atoms with Crippen LogP contribution in [0, 0.1) is 0 Å². The van der Waals surface area contributed by atoms with Gasteiger partial charge in [-0.15, -0.1) is 0 Å². The average Bonchev–Trinajstić information content (AvgIpc) is 1.99. The van der Waals surface area contributed by atoms with Gasteiger partial charge in [0.2, 0.25) is 0 Å². The van der Waals surface area contributed by atoms with Crippen LogP contribution in [0.2, 0.25) is 0 Å². The molecule has 1 heterocycles. The Morgan fingerprint density at radius 3 is 2.31 bits per heavy atom. The molecule has 1 atom stereocenters. The first-order valence-electron chi connectivity index (χ1n) is 2.96. The molecule has 0 aliphatic heterocycles. The molecule has 72 valence electrons. The summed E-state index contributed by atoms with van der Waals surface area (Å²) in [7, 11) is 3.66. The van der Waals surface area contributed by atoms with Gasteiger partial charge in [0.25, 0.3) is 0 Å². The van der Waals surface area contributed by atoms with E-state index in [1.807, 2.05) is 0 Å². The third-order valence-electron chi connectivity index (χ3n) is 0.889. The Bertz CT molecular complexity index is 277. The van der Waals surface area contributed by atoms with Crippen molar-refractivity contribution < 1.29 is 7.92 Å². The predicted octanol–water partition coefficient (Wildman–Crippen LogP) is -1.71. The molecular formula is C3H7AsN6O2S. The molecule has 8 nitrogen and oxygen atoms in total. The molecule has 1 unspecified atom stereocenters. The van der Waals surface area contributed by atoms with Crippen molar-refractivity contribution in [2.45, 2.75) is 0 Å².